The maximum atomic E-state index is 12.7. The summed E-state index contributed by atoms with van der Waals surface area (Å²) in [5.41, 5.74) is 7.69. The predicted octanol–water partition coefficient (Wildman–Crippen LogP) is 3.70. The zero-order valence-electron chi connectivity index (χ0n) is 13.9. The first-order valence-electron chi connectivity index (χ1n) is 8.32. The Morgan fingerprint density at radius 2 is 2.17 bits per heavy atom. The third-order valence-electron chi connectivity index (χ3n) is 4.31. The molecule has 1 atom stereocenters. The lowest BCUT2D eigenvalue weighted by molar-refractivity contribution is 0.0623. The van der Waals surface area contributed by atoms with E-state index in [1.807, 2.05) is 36.1 Å². The number of carbonyl (C=O) groups is 1. The number of thioether (sulfide) groups is 1. The summed E-state index contributed by atoms with van der Waals surface area (Å²) in [6.45, 7) is 3.39. The molecule has 1 aromatic carbocycles. The average Bonchev–Trinajstić information content (AvgIpc) is 3.05. The second-order valence-corrected chi connectivity index (χ2v) is 8.17. The van der Waals surface area contributed by atoms with Gasteiger partial charge in [-0.25, -0.2) is 4.98 Å². The maximum absolute atomic E-state index is 12.7. The molecule has 2 N–H and O–H groups in total. The Morgan fingerprint density at radius 3 is 2.83 bits per heavy atom. The van der Waals surface area contributed by atoms with E-state index in [9.17, 15) is 4.79 Å². The summed E-state index contributed by atoms with van der Waals surface area (Å²) in [5.74, 6) is 0.968. The standard InChI is InChI=1S/C18H23N3OS2/c1-13-20-15(11-23-13)12-24-17-7-5-14(6-8-17)18(22)21-9-3-2-4-16(21)10-19/h5-8,11,16H,2-4,9-10,12,19H2,1H3. The van der Waals surface area contributed by atoms with Crippen LogP contribution >= 0.6 is 23.1 Å². The largest absolute Gasteiger partial charge is 0.334 e. The Kier molecular flexibility index (Phi) is 5.92. The van der Waals surface area contributed by atoms with Gasteiger partial charge in [0.05, 0.1) is 10.7 Å². The van der Waals surface area contributed by atoms with Crippen LogP contribution in [-0.4, -0.2) is 34.9 Å². The Hall–Kier alpha value is -1.37. The molecule has 0 bridgehead atoms. The van der Waals surface area contributed by atoms with E-state index in [4.69, 9.17) is 5.73 Å². The fourth-order valence-corrected chi connectivity index (χ4v) is 4.51. The van der Waals surface area contributed by atoms with E-state index in [1.54, 1.807) is 23.1 Å². The first kappa shape index (κ1) is 17.5. The van der Waals surface area contributed by atoms with Crippen molar-refractivity contribution >= 4 is 29.0 Å². The van der Waals surface area contributed by atoms with Gasteiger partial charge < -0.3 is 10.6 Å². The lowest BCUT2D eigenvalue weighted by atomic mass is 10.0. The highest BCUT2D eigenvalue weighted by atomic mass is 32.2. The lowest BCUT2D eigenvalue weighted by Crippen LogP contribution is -2.47. The fourth-order valence-electron chi connectivity index (χ4n) is 3.00. The number of thiazole rings is 1. The topological polar surface area (TPSA) is 59.2 Å². The zero-order valence-corrected chi connectivity index (χ0v) is 15.5. The van der Waals surface area contributed by atoms with Gasteiger partial charge in [-0.3, -0.25) is 4.79 Å². The number of aromatic nitrogens is 1. The van der Waals surface area contributed by atoms with Crippen LogP contribution in [-0.2, 0) is 5.75 Å². The van der Waals surface area contributed by atoms with Crippen LogP contribution < -0.4 is 5.73 Å². The molecule has 2 aromatic rings. The number of hydrogen-bond donors (Lipinski definition) is 1. The molecule has 2 heterocycles. The summed E-state index contributed by atoms with van der Waals surface area (Å²) in [6, 6.07) is 8.10. The third-order valence-corrected chi connectivity index (χ3v) is 6.18. The monoisotopic (exact) mass is 361 g/mol. The Balaban J connectivity index is 1.62. The van der Waals surface area contributed by atoms with Crippen LogP contribution in [0.1, 0.15) is 40.3 Å². The SMILES string of the molecule is Cc1nc(CSc2ccc(C(=O)N3CCCCC3CN)cc2)cs1. The number of aryl methyl sites for hydroxylation is 1. The molecule has 1 aromatic heterocycles. The highest BCUT2D eigenvalue weighted by Gasteiger charge is 2.26. The van der Waals surface area contributed by atoms with Crippen molar-refractivity contribution in [3.8, 4) is 0 Å². The number of hydrogen-bond acceptors (Lipinski definition) is 5. The van der Waals surface area contributed by atoms with Gasteiger partial charge in [0.2, 0.25) is 0 Å². The van der Waals surface area contributed by atoms with Crippen molar-refractivity contribution in [2.24, 2.45) is 5.73 Å². The van der Waals surface area contributed by atoms with Crippen molar-refractivity contribution in [3.63, 3.8) is 0 Å². The molecule has 0 aliphatic carbocycles. The second kappa shape index (κ2) is 8.14. The summed E-state index contributed by atoms with van der Waals surface area (Å²) >= 11 is 3.43. The van der Waals surface area contributed by atoms with Crippen molar-refractivity contribution < 1.29 is 4.79 Å². The van der Waals surface area contributed by atoms with Crippen LogP contribution in [0, 0.1) is 6.92 Å². The number of likely N-dealkylation sites (tertiary alicyclic amines) is 1. The average molecular weight is 362 g/mol. The molecule has 0 radical (unpaired) electrons. The van der Waals surface area contributed by atoms with Crippen LogP contribution in [0.25, 0.3) is 0 Å². The van der Waals surface area contributed by atoms with E-state index in [0.717, 1.165) is 52.7 Å². The minimum absolute atomic E-state index is 0.108. The smallest absolute Gasteiger partial charge is 0.254 e. The van der Waals surface area contributed by atoms with E-state index < -0.39 is 0 Å². The van der Waals surface area contributed by atoms with E-state index >= 15 is 0 Å². The number of rotatable bonds is 5. The van der Waals surface area contributed by atoms with Crippen molar-refractivity contribution in [3.05, 3.63) is 45.9 Å². The van der Waals surface area contributed by atoms with Crippen LogP contribution in [0.5, 0.6) is 0 Å². The van der Waals surface area contributed by atoms with Crippen molar-refractivity contribution in [1.82, 2.24) is 9.88 Å². The summed E-state index contributed by atoms with van der Waals surface area (Å²) < 4.78 is 0. The van der Waals surface area contributed by atoms with Crippen LogP contribution in [0.3, 0.4) is 0 Å². The molecule has 1 amide bonds. The highest BCUT2D eigenvalue weighted by Crippen LogP contribution is 2.25. The Morgan fingerprint density at radius 1 is 1.38 bits per heavy atom. The molecule has 1 saturated heterocycles. The van der Waals surface area contributed by atoms with Crippen molar-refractivity contribution in [2.75, 3.05) is 13.1 Å². The molecule has 128 valence electrons. The molecule has 0 saturated carbocycles. The number of benzene rings is 1. The van der Waals surface area contributed by atoms with Crippen molar-refractivity contribution in [1.29, 1.82) is 0 Å². The van der Waals surface area contributed by atoms with Gasteiger partial charge in [-0.1, -0.05) is 0 Å². The molecule has 1 aliphatic rings. The van der Waals surface area contributed by atoms with Gasteiger partial charge in [0.1, 0.15) is 0 Å². The molecule has 6 heteroatoms. The highest BCUT2D eigenvalue weighted by molar-refractivity contribution is 7.98. The summed E-state index contributed by atoms with van der Waals surface area (Å²) in [7, 11) is 0. The molecule has 0 spiro atoms. The predicted molar refractivity (Wildman–Crippen MR) is 101 cm³/mol. The summed E-state index contributed by atoms with van der Waals surface area (Å²) in [5, 5.41) is 3.20. The lowest BCUT2D eigenvalue weighted by Gasteiger charge is -2.35. The molecule has 1 fully saturated rings. The van der Waals surface area contributed by atoms with Crippen LogP contribution in [0.4, 0.5) is 0 Å². The second-order valence-electron chi connectivity index (χ2n) is 6.05. The minimum Gasteiger partial charge on any atom is -0.334 e. The van der Waals surface area contributed by atoms with Gasteiger partial charge in [0.15, 0.2) is 0 Å². The van der Waals surface area contributed by atoms with Gasteiger partial charge in [-0.05, 0) is 50.5 Å². The van der Waals surface area contributed by atoms with Crippen LogP contribution in [0.2, 0.25) is 0 Å². The van der Waals surface area contributed by atoms with Gasteiger partial charge in [-0.2, -0.15) is 0 Å². The first-order chi connectivity index (χ1) is 11.7. The zero-order chi connectivity index (χ0) is 16.9. The Bertz CT molecular complexity index is 684. The number of carbonyl (C=O) groups excluding carboxylic acids is 1. The fraction of sp³-hybridized carbons (Fsp3) is 0.444. The molecule has 1 aliphatic heterocycles. The summed E-state index contributed by atoms with van der Waals surface area (Å²) in [4.78, 5) is 20.3. The first-order valence-corrected chi connectivity index (χ1v) is 10.2. The van der Waals surface area contributed by atoms with Gasteiger partial charge in [0.25, 0.3) is 5.91 Å². The molecule has 3 rings (SSSR count). The molecule has 4 nitrogen and oxygen atoms in total. The number of amides is 1. The quantitative estimate of drug-likeness (QED) is 0.825. The minimum atomic E-state index is 0.108. The van der Waals surface area contributed by atoms with E-state index in [0.29, 0.717) is 6.54 Å². The van der Waals surface area contributed by atoms with Gasteiger partial charge >= 0.3 is 0 Å². The molecular weight excluding hydrogens is 338 g/mol. The molecule has 1 unspecified atom stereocenters. The molecular formula is C18H23N3OS2. The van der Waals surface area contributed by atoms with Gasteiger partial charge in [-0.15, -0.1) is 23.1 Å². The number of nitrogens with two attached hydrogens (primary N) is 1. The van der Waals surface area contributed by atoms with Gasteiger partial charge in [0, 0.05) is 40.7 Å². The normalized spacial score (nSPS) is 17.9. The number of piperidine rings is 1. The van der Waals surface area contributed by atoms with E-state index in [2.05, 4.69) is 10.4 Å². The van der Waals surface area contributed by atoms with Crippen LogP contribution in [0.15, 0.2) is 34.5 Å². The summed E-state index contributed by atoms with van der Waals surface area (Å²) in [6.07, 6.45) is 3.25. The third kappa shape index (κ3) is 4.18. The number of nitrogens with zero attached hydrogens (tertiary/aromatic N) is 2. The van der Waals surface area contributed by atoms with Crippen molar-refractivity contribution in [2.45, 2.75) is 42.9 Å². The van der Waals surface area contributed by atoms with E-state index in [1.165, 1.54) is 0 Å². The van der Waals surface area contributed by atoms with E-state index in [-0.39, 0.29) is 11.9 Å². The molecule has 24 heavy (non-hydrogen) atoms. The Labute approximate surface area is 151 Å². The maximum Gasteiger partial charge on any atom is 0.254 e.